The lowest BCUT2D eigenvalue weighted by Crippen LogP contribution is -2.31. The quantitative estimate of drug-likeness (QED) is 0.820. The Hall–Kier alpha value is -1.06. The zero-order valence-electron chi connectivity index (χ0n) is 10.4. The molecule has 0 spiro atoms. The summed E-state index contributed by atoms with van der Waals surface area (Å²) in [6.45, 7) is 6.12. The first-order valence-corrected chi connectivity index (χ1v) is 5.53. The molecule has 0 aromatic heterocycles. The lowest BCUT2D eigenvalue weighted by molar-refractivity contribution is 0.0667. The Bertz CT molecular complexity index is 359. The standard InChI is InChI=1S/C13H21NO2/c1-9(2)11-7-10(13(3,15)8-14)5-6-12(11)16-4/h5-7,9,15H,8,14H2,1-4H3. The van der Waals surface area contributed by atoms with Gasteiger partial charge in [-0.05, 0) is 36.1 Å². The molecule has 0 aliphatic heterocycles. The summed E-state index contributed by atoms with van der Waals surface area (Å²) in [7, 11) is 1.65. The Kier molecular flexibility index (Phi) is 3.94. The molecule has 0 saturated carbocycles. The van der Waals surface area contributed by atoms with E-state index in [1.165, 1.54) is 0 Å². The third-order valence-corrected chi connectivity index (χ3v) is 2.87. The van der Waals surface area contributed by atoms with Crippen molar-refractivity contribution in [2.45, 2.75) is 32.3 Å². The lowest BCUT2D eigenvalue weighted by Gasteiger charge is -2.23. The minimum Gasteiger partial charge on any atom is -0.496 e. The van der Waals surface area contributed by atoms with Gasteiger partial charge in [0.15, 0.2) is 0 Å². The molecule has 0 aliphatic carbocycles. The summed E-state index contributed by atoms with van der Waals surface area (Å²) in [5.41, 5.74) is 6.50. The summed E-state index contributed by atoms with van der Waals surface area (Å²) in [5.74, 6) is 1.20. The van der Waals surface area contributed by atoms with E-state index in [1.54, 1.807) is 14.0 Å². The lowest BCUT2D eigenvalue weighted by atomic mass is 9.91. The molecular formula is C13H21NO2. The molecule has 3 heteroatoms. The van der Waals surface area contributed by atoms with Gasteiger partial charge in [0.05, 0.1) is 12.7 Å². The molecule has 3 nitrogen and oxygen atoms in total. The van der Waals surface area contributed by atoms with E-state index in [4.69, 9.17) is 10.5 Å². The number of rotatable bonds is 4. The Balaban J connectivity index is 3.22. The highest BCUT2D eigenvalue weighted by Gasteiger charge is 2.22. The number of nitrogens with two attached hydrogens (primary N) is 1. The van der Waals surface area contributed by atoms with E-state index in [2.05, 4.69) is 13.8 Å². The van der Waals surface area contributed by atoms with E-state index >= 15 is 0 Å². The summed E-state index contributed by atoms with van der Waals surface area (Å²) in [4.78, 5) is 0. The first-order chi connectivity index (χ1) is 7.42. The predicted octanol–water partition coefficient (Wildman–Crippen LogP) is 1.98. The highest BCUT2D eigenvalue weighted by Crippen LogP contribution is 2.30. The SMILES string of the molecule is COc1ccc(C(C)(O)CN)cc1C(C)C. The molecule has 0 bridgehead atoms. The molecule has 90 valence electrons. The van der Waals surface area contributed by atoms with Crippen LogP contribution in [0.4, 0.5) is 0 Å². The zero-order valence-corrected chi connectivity index (χ0v) is 10.4. The van der Waals surface area contributed by atoms with Gasteiger partial charge in [-0.2, -0.15) is 0 Å². The van der Waals surface area contributed by atoms with Crippen molar-refractivity contribution in [2.75, 3.05) is 13.7 Å². The fraction of sp³-hybridized carbons (Fsp3) is 0.538. The first kappa shape index (κ1) is 13.0. The Morgan fingerprint density at radius 1 is 1.44 bits per heavy atom. The van der Waals surface area contributed by atoms with Crippen LogP contribution in [0.2, 0.25) is 0 Å². The maximum absolute atomic E-state index is 10.1. The van der Waals surface area contributed by atoms with E-state index in [1.807, 2.05) is 18.2 Å². The Morgan fingerprint density at radius 3 is 2.50 bits per heavy atom. The first-order valence-electron chi connectivity index (χ1n) is 5.53. The van der Waals surface area contributed by atoms with Crippen molar-refractivity contribution in [3.05, 3.63) is 29.3 Å². The normalized spacial score (nSPS) is 14.9. The third-order valence-electron chi connectivity index (χ3n) is 2.87. The van der Waals surface area contributed by atoms with Gasteiger partial charge in [0, 0.05) is 6.54 Å². The molecule has 0 heterocycles. The van der Waals surface area contributed by atoms with E-state index < -0.39 is 5.60 Å². The molecular weight excluding hydrogens is 202 g/mol. The highest BCUT2D eigenvalue weighted by molar-refractivity contribution is 5.41. The molecule has 1 aromatic rings. The average Bonchev–Trinajstić information content (AvgIpc) is 2.28. The molecule has 1 atom stereocenters. The van der Waals surface area contributed by atoms with Gasteiger partial charge in [0.25, 0.3) is 0 Å². The Labute approximate surface area is 97.2 Å². The minimum absolute atomic E-state index is 0.205. The number of hydrogen-bond donors (Lipinski definition) is 2. The average molecular weight is 223 g/mol. The topological polar surface area (TPSA) is 55.5 Å². The molecule has 3 N–H and O–H groups in total. The maximum atomic E-state index is 10.1. The van der Waals surface area contributed by atoms with Gasteiger partial charge >= 0.3 is 0 Å². The molecule has 1 unspecified atom stereocenters. The number of methoxy groups -OCH3 is 1. The second-order valence-electron chi connectivity index (χ2n) is 4.59. The molecule has 0 amide bonds. The fourth-order valence-electron chi connectivity index (χ4n) is 1.64. The van der Waals surface area contributed by atoms with Crippen molar-refractivity contribution in [3.63, 3.8) is 0 Å². The van der Waals surface area contributed by atoms with Crippen molar-refractivity contribution >= 4 is 0 Å². The van der Waals surface area contributed by atoms with Crippen LogP contribution in [0.15, 0.2) is 18.2 Å². The van der Waals surface area contributed by atoms with Crippen LogP contribution in [0.1, 0.15) is 37.8 Å². The van der Waals surface area contributed by atoms with Gasteiger partial charge < -0.3 is 15.6 Å². The molecule has 0 saturated heterocycles. The van der Waals surface area contributed by atoms with Gasteiger partial charge in [0.1, 0.15) is 5.75 Å². The van der Waals surface area contributed by atoms with Gasteiger partial charge in [-0.3, -0.25) is 0 Å². The highest BCUT2D eigenvalue weighted by atomic mass is 16.5. The van der Waals surface area contributed by atoms with Crippen LogP contribution in [0.5, 0.6) is 5.75 Å². The van der Waals surface area contributed by atoms with Crippen molar-refractivity contribution in [2.24, 2.45) is 5.73 Å². The van der Waals surface area contributed by atoms with Gasteiger partial charge in [-0.1, -0.05) is 19.9 Å². The van der Waals surface area contributed by atoms with Crippen LogP contribution in [0, 0.1) is 0 Å². The van der Waals surface area contributed by atoms with Crippen molar-refractivity contribution < 1.29 is 9.84 Å². The minimum atomic E-state index is -0.976. The number of benzene rings is 1. The molecule has 1 rings (SSSR count). The largest absolute Gasteiger partial charge is 0.496 e. The third kappa shape index (κ3) is 2.54. The summed E-state index contributed by atoms with van der Waals surface area (Å²) in [6.07, 6.45) is 0. The molecule has 0 fully saturated rings. The van der Waals surface area contributed by atoms with Crippen LogP contribution in [0.3, 0.4) is 0 Å². The number of aliphatic hydroxyl groups is 1. The fourth-order valence-corrected chi connectivity index (χ4v) is 1.64. The Morgan fingerprint density at radius 2 is 2.06 bits per heavy atom. The maximum Gasteiger partial charge on any atom is 0.122 e. The van der Waals surface area contributed by atoms with Crippen LogP contribution in [0.25, 0.3) is 0 Å². The number of ether oxygens (including phenoxy) is 1. The van der Waals surface area contributed by atoms with Crippen molar-refractivity contribution in [1.29, 1.82) is 0 Å². The summed E-state index contributed by atoms with van der Waals surface area (Å²) in [5, 5.41) is 10.1. The van der Waals surface area contributed by atoms with Crippen molar-refractivity contribution in [3.8, 4) is 5.75 Å². The monoisotopic (exact) mass is 223 g/mol. The van der Waals surface area contributed by atoms with Gasteiger partial charge in [0.2, 0.25) is 0 Å². The van der Waals surface area contributed by atoms with Crippen LogP contribution in [-0.4, -0.2) is 18.8 Å². The second kappa shape index (κ2) is 4.85. The molecule has 0 radical (unpaired) electrons. The number of hydrogen-bond acceptors (Lipinski definition) is 3. The van der Waals surface area contributed by atoms with Crippen molar-refractivity contribution in [1.82, 2.24) is 0 Å². The molecule has 0 aliphatic rings. The zero-order chi connectivity index (χ0) is 12.3. The smallest absolute Gasteiger partial charge is 0.122 e. The second-order valence-corrected chi connectivity index (χ2v) is 4.59. The van der Waals surface area contributed by atoms with E-state index in [0.29, 0.717) is 5.92 Å². The van der Waals surface area contributed by atoms with Crippen LogP contribution in [-0.2, 0) is 5.60 Å². The molecule has 16 heavy (non-hydrogen) atoms. The van der Waals surface area contributed by atoms with Crippen LogP contribution < -0.4 is 10.5 Å². The molecule has 1 aromatic carbocycles. The van der Waals surface area contributed by atoms with E-state index in [9.17, 15) is 5.11 Å². The van der Waals surface area contributed by atoms with Gasteiger partial charge in [-0.15, -0.1) is 0 Å². The van der Waals surface area contributed by atoms with Gasteiger partial charge in [-0.25, -0.2) is 0 Å². The summed E-state index contributed by atoms with van der Waals surface area (Å²) < 4.78 is 5.30. The summed E-state index contributed by atoms with van der Waals surface area (Å²) in [6, 6.07) is 5.71. The predicted molar refractivity (Wildman–Crippen MR) is 65.7 cm³/mol. The van der Waals surface area contributed by atoms with E-state index in [-0.39, 0.29) is 6.54 Å². The summed E-state index contributed by atoms with van der Waals surface area (Å²) >= 11 is 0. The van der Waals surface area contributed by atoms with Crippen LogP contribution >= 0.6 is 0 Å². The van der Waals surface area contributed by atoms with E-state index in [0.717, 1.165) is 16.9 Å².